The van der Waals surface area contributed by atoms with Crippen LogP contribution in [0.15, 0.2) is 12.2 Å². The number of carbonyl (C=O) groups excluding carboxylic acids is 1. The fraction of sp³-hybridized carbons (Fsp3) is 0.889. The fourth-order valence-corrected chi connectivity index (χ4v) is 5.02. The molecule has 0 radical (unpaired) electrons. The molecule has 40 heavy (non-hydrogen) atoms. The Bertz CT molecular complexity index is 532. The lowest BCUT2D eigenvalue weighted by Gasteiger charge is -2.03. The summed E-state index contributed by atoms with van der Waals surface area (Å²) in [6.45, 7) is 4.53. The van der Waals surface area contributed by atoms with Crippen molar-refractivity contribution in [1.82, 2.24) is 0 Å². The number of hydrogen-bond acceptors (Lipinski definition) is 2. The van der Waals surface area contributed by atoms with Gasteiger partial charge in [0.25, 0.3) is 0 Å². The maximum absolute atomic E-state index is 10.6. The molecule has 0 aliphatic rings. The number of aliphatic carboxylic acids is 1. The van der Waals surface area contributed by atoms with E-state index >= 15 is 0 Å². The molecule has 0 saturated heterocycles. The van der Waals surface area contributed by atoms with Crippen molar-refractivity contribution in [3.8, 4) is 0 Å². The van der Waals surface area contributed by atoms with E-state index in [0.29, 0.717) is 12.8 Å². The lowest BCUT2D eigenvalue weighted by Crippen LogP contribution is -2.09. The van der Waals surface area contributed by atoms with Gasteiger partial charge in [0.2, 0.25) is 5.91 Å². The summed E-state index contributed by atoms with van der Waals surface area (Å²) in [7, 11) is 0. The van der Waals surface area contributed by atoms with Crippen LogP contribution < -0.4 is 5.73 Å². The van der Waals surface area contributed by atoms with Crippen LogP contribution in [0.25, 0.3) is 0 Å². The van der Waals surface area contributed by atoms with Gasteiger partial charge in [0.1, 0.15) is 0 Å². The molecular weight excluding hydrogens is 494 g/mol. The van der Waals surface area contributed by atoms with Gasteiger partial charge in [-0.15, -0.1) is 0 Å². The lowest BCUT2D eigenvalue weighted by atomic mass is 10.0. The molecule has 0 aromatic heterocycles. The Labute approximate surface area is 250 Å². The standard InChI is InChI=1S/C18H37NO.C18H34O2/c2*1-2-3-4-5-6-7-8-9-10-11-12-13-14-15-16-17-18(19)20/h2-17H2,1H3,(H2,19,20);9-10H,2-8,11-17H2,1H3,(H,19,20)/b;10-9-. The molecule has 0 atom stereocenters. The third-order valence-corrected chi connectivity index (χ3v) is 7.68. The van der Waals surface area contributed by atoms with Crippen LogP contribution in [0.4, 0.5) is 0 Å². The van der Waals surface area contributed by atoms with Crippen LogP contribution >= 0.6 is 0 Å². The van der Waals surface area contributed by atoms with E-state index in [-0.39, 0.29) is 5.91 Å². The maximum atomic E-state index is 10.6. The number of carbonyl (C=O) groups is 2. The molecule has 0 saturated carbocycles. The monoisotopic (exact) mass is 566 g/mol. The first-order valence-electron chi connectivity index (χ1n) is 17.7. The smallest absolute Gasteiger partial charge is 0.303 e. The molecule has 0 fully saturated rings. The highest BCUT2D eigenvalue weighted by atomic mass is 16.4. The summed E-state index contributed by atoms with van der Waals surface area (Å²) in [6.07, 6.45) is 42.1. The Morgan fingerprint density at radius 1 is 0.450 bits per heavy atom. The zero-order valence-electron chi connectivity index (χ0n) is 27.2. The highest BCUT2D eigenvalue weighted by Crippen LogP contribution is 2.14. The van der Waals surface area contributed by atoms with Gasteiger partial charge in [0.05, 0.1) is 0 Å². The summed E-state index contributed by atoms with van der Waals surface area (Å²) in [4.78, 5) is 20.9. The van der Waals surface area contributed by atoms with Crippen molar-refractivity contribution in [3.05, 3.63) is 12.2 Å². The van der Waals surface area contributed by atoms with Gasteiger partial charge >= 0.3 is 5.97 Å². The third-order valence-electron chi connectivity index (χ3n) is 7.68. The minimum Gasteiger partial charge on any atom is -0.481 e. The summed E-state index contributed by atoms with van der Waals surface area (Å²) in [5.41, 5.74) is 5.11. The van der Waals surface area contributed by atoms with E-state index in [1.165, 1.54) is 161 Å². The maximum Gasteiger partial charge on any atom is 0.303 e. The van der Waals surface area contributed by atoms with E-state index in [9.17, 15) is 9.59 Å². The van der Waals surface area contributed by atoms with Crippen LogP contribution in [0.3, 0.4) is 0 Å². The number of hydrogen-bond donors (Lipinski definition) is 2. The molecule has 0 spiro atoms. The van der Waals surface area contributed by atoms with Crippen LogP contribution in [0.1, 0.15) is 206 Å². The van der Waals surface area contributed by atoms with Gasteiger partial charge in [-0.05, 0) is 38.5 Å². The summed E-state index contributed by atoms with van der Waals surface area (Å²) in [5.74, 6) is -0.817. The lowest BCUT2D eigenvalue weighted by molar-refractivity contribution is -0.137. The predicted octanol–water partition coefficient (Wildman–Crippen LogP) is 11.8. The minimum absolute atomic E-state index is 0.153. The molecular formula is C36H71NO3. The van der Waals surface area contributed by atoms with Gasteiger partial charge in [0, 0.05) is 12.8 Å². The van der Waals surface area contributed by atoms with E-state index in [2.05, 4.69) is 26.0 Å². The summed E-state index contributed by atoms with van der Waals surface area (Å²) >= 11 is 0. The Balaban J connectivity index is 0. The molecule has 0 bridgehead atoms. The number of rotatable bonds is 31. The molecule has 0 rings (SSSR count). The molecule has 1 amide bonds. The number of allylic oxidation sites excluding steroid dienone is 2. The summed E-state index contributed by atoms with van der Waals surface area (Å²) in [6, 6.07) is 0. The van der Waals surface area contributed by atoms with E-state index in [1.54, 1.807) is 0 Å². The van der Waals surface area contributed by atoms with Crippen LogP contribution in [0.2, 0.25) is 0 Å². The highest BCUT2D eigenvalue weighted by molar-refractivity contribution is 5.73. The van der Waals surface area contributed by atoms with Gasteiger partial charge in [0.15, 0.2) is 0 Å². The van der Waals surface area contributed by atoms with Gasteiger partial charge in [-0.2, -0.15) is 0 Å². The number of unbranched alkanes of at least 4 members (excludes halogenated alkanes) is 25. The molecule has 0 aliphatic heterocycles. The molecule has 238 valence electrons. The molecule has 0 unspecified atom stereocenters. The van der Waals surface area contributed by atoms with Crippen LogP contribution in [0, 0.1) is 0 Å². The quantitative estimate of drug-likeness (QED) is 0.0648. The molecule has 0 aliphatic carbocycles. The molecule has 3 N–H and O–H groups in total. The van der Waals surface area contributed by atoms with E-state index in [0.717, 1.165) is 19.3 Å². The van der Waals surface area contributed by atoms with E-state index in [4.69, 9.17) is 10.8 Å². The van der Waals surface area contributed by atoms with Gasteiger partial charge < -0.3 is 10.8 Å². The molecule has 0 aromatic carbocycles. The fourth-order valence-electron chi connectivity index (χ4n) is 5.02. The van der Waals surface area contributed by atoms with Crippen molar-refractivity contribution in [3.63, 3.8) is 0 Å². The van der Waals surface area contributed by atoms with Gasteiger partial charge in [-0.25, -0.2) is 0 Å². The molecule has 0 heterocycles. The average Bonchev–Trinajstić information content (AvgIpc) is 2.93. The summed E-state index contributed by atoms with van der Waals surface area (Å²) < 4.78 is 0. The van der Waals surface area contributed by atoms with E-state index < -0.39 is 5.97 Å². The van der Waals surface area contributed by atoms with Gasteiger partial charge in [-0.1, -0.05) is 167 Å². The average molecular weight is 566 g/mol. The SMILES string of the molecule is CCCCCCCC/C=C\CCCCCCCC(=O)O.CCCCCCCCCCCCCCCCCC(N)=O. The van der Waals surface area contributed by atoms with Crippen molar-refractivity contribution < 1.29 is 14.7 Å². The number of nitrogens with two attached hydrogens (primary N) is 1. The zero-order chi connectivity index (χ0) is 29.8. The highest BCUT2D eigenvalue weighted by Gasteiger charge is 1.97. The first kappa shape index (κ1) is 40.8. The molecule has 4 nitrogen and oxygen atoms in total. The second kappa shape index (κ2) is 37.7. The Morgan fingerprint density at radius 2 is 0.725 bits per heavy atom. The van der Waals surface area contributed by atoms with Crippen LogP contribution in [-0.4, -0.2) is 17.0 Å². The van der Waals surface area contributed by atoms with Crippen molar-refractivity contribution in [2.45, 2.75) is 206 Å². The van der Waals surface area contributed by atoms with Crippen molar-refractivity contribution in [2.75, 3.05) is 0 Å². The largest absolute Gasteiger partial charge is 0.481 e. The van der Waals surface area contributed by atoms with Crippen LogP contribution in [0.5, 0.6) is 0 Å². The Kier molecular flexibility index (Phi) is 38.5. The molecule has 4 heteroatoms. The number of carboxylic acid groups (broad SMARTS) is 1. The van der Waals surface area contributed by atoms with Gasteiger partial charge in [-0.3, -0.25) is 9.59 Å². The number of primary amides is 1. The predicted molar refractivity (Wildman–Crippen MR) is 176 cm³/mol. The number of carboxylic acids is 1. The van der Waals surface area contributed by atoms with E-state index in [1.807, 2.05) is 0 Å². The number of amides is 1. The van der Waals surface area contributed by atoms with Crippen LogP contribution in [-0.2, 0) is 9.59 Å². The topological polar surface area (TPSA) is 80.4 Å². The van der Waals surface area contributed by atoms with Crippen molar-refractivity contribution >= 4 is 11.9 Å². The molecule has 0 aromatic rings. The second-order valence-corrected chi connectivity index (χ2v) is 11.9. The van der Waals surface area contributed by atoms with Crippen molar-refractivity contribution in [1.29, 1.82) is 0 Å². The first-order chi connectivity index (χ1) is 19.5. The Morgan fingerprint density at radius 3 is 1.02 bits per heavy atom. The normalized spacial score (nSPS) is 11.1. The first-order valence-corrected chi connectivity index (χ1v) is 17.7. The Hall–Kier alpha value is -1.32. The van der Waals surface area contributed by atoms with Crippen molar-refractivity contribution in [2.24, 2.45) is 5.73 Å². The minimum atomic E-state index is -0.664. The zero-order valence-corrected chi connectivity index (χ0v) is 27.2. The summed E-state index contributed by atoms with van der Waals surface area (Å²) in [5, 5.41) is 8.51. The third kappa shape index (κ3) is 43.7. The second-order valence-electron chi connectivity index (χ2n) is 11.9.